The van der Waals surface area contributed by atoms with Gasteiger partial charge in [-0.1, -0.05) is 50.6 Å². The van der Waals surface area contributed by atoms with Crippen molar-refractivity contribution >= 4 is 11.6 Å². The van der Waals surface area contributed by atoms with Crippen LogP contribution in [-0.2, 0) is 0 Å². The average molecular weight is 325 g/mol. The topological polar surface area (TPSA) is 26.7 Å². The molecule has 0 radical (unpaired) electrons. The van der Waals surface area contributed by atoms with Crippen LogP contribution in [0.25, 0.3) is 0 Å². The van der Waals surface area contributed by atoms with E-state index >= 15 is 0 Å². The van der Waals surface area contributed by atoms with E-state index in [0.29, 0.717) is 17.0 Å². The third kappa shape index (κ3) is 5.54. The van der Waals surface area contributed by atoms with Gasteiger partial charge in [0, 0.05) is 43.3 Å². The van der Waals surface area contributed by atoms with Crippen LogP contribution in [-0.4, -0.2) is 54.2 Å². The van der Waals surface area contributed by atoms with Crippen molar-refractivity contribution in [3.8, 4) is 0 Å². The molecule has 1 aliphatic rings. The Morgan fingerprint density at radius 1 is 1.09 bits per heavy atom. The molecule has 22 heavy (non-hydrogen) atoms. The fraction of sp³-hybridized carbons (Fsp3) is 0.667. The predicted octanol–water partition coefficient (Wildman–Crippen LogP) is 3.43. The van der Waals surface area contributed by atoms with Gasteiger partial charge >= 0.3 is 0 Å². The zero-order chi connectivity index (χ0) is 16.2. The van der Waals surface area contributed by atoms with E-state index in [-0.39, 0.29) is 0 Å². The lowest BCUT2D eigenvalue weighted by Gasteiger charge is -2.36. The van der Waals surface area contributed by atoms with Crippen LogP contribution in [0.1, 0.15) is 38.9 Å². The summed E-state index contributed by atoms with van der Waals surface area (Å²) in [5, 5.41) is 11.0. The summed E-state index contributed by atoms with van der Waals surface area (Å²) in [4.78, 5) is 4.87. The Balaban J connectivity index is 1.77. The largest absolute Gasteiger partial charge is 0.387 e. The second kappa shape index (κ2) is 7.78. The van der Waals surface area contributed by atoms with Gasteiger partial charge in [0.15, 0.2) is 0 Å². The molecule has 0 bridgehead atoms. The Bertz CT molecular complexity index is 464. The van der Waals surface area contributed by atoms with E-state index in [9.17, 15) is 5.11 Å². The number of hydrogen-bond acceptors (Lipinski definition) is 3. The van der Waals surface area contributed by atoms with Crippen LogP contribution < -0.4 is 0 Å². The molecule has 0 amide bonds. The van der Waals surface area contributed by atoms with Gasteiger partial charge in [-0.25, -0.2) is 0 Å². The molecule has 1 aromatic carbocycles. The Kier molecular flexibility index (Phi) is 6.27. The van der Waals surface area contributed by atoms with E-state index in [1.165, 1.54) is 13.0 Å². The molecule has 0 spiro atoms. The zero-order valence-electron chi connectivity index (χ0n) is 14.1. The van der Waals surface area contributed by atoms with Crippen molar-refractivity contribution in [2.75, 3.05) is 39.3 Å². The molecule has 124 valence electrons. The SMILES string of the molecule is CC(C)(C)CCN1CCN(CC(O)c2ccccc2Cl)CC1. The van der Waals surface area contributed by atoms with Crippen molar-refractivity contribution in [2.45, 2.75) is 33.3 Å². The van der Waals surface area contributed by atoms with E-state index in [1.807, 2.05) is 24.3 Å². The Hall–Kier alpha value is -0.610. The molecule has 1 aromatic rings. The number of rotatable bonds is 5. The molecule has 1 unspecified atom stereocenters. The Labute approximate surface area is 139 Å². The maximum Gasteiger partial charge on any atom is 0.0931 e. The van der Waals surface area contributed by atoms with Crippen molar-refractivity contribution in [1.29, 1.82) is 0 Å². The third-order valence-electron chi connectivity index (χ3n) is 4.34. The molecule has 4 heteroatoms. The van der Waals surface area contributed by atoms with Crippen molar-refractivity contribution in [3.05, 3.63) is 34.9 Å². The molecule has 1 heterocycles. The minimum Gasteiger partial charge on any atom is -0.387 e. The van der Waals surface area contributed by atoms with Crippen LogP contribution in [0.15, 0.2) is 24.3 Å². The lowest BCUT2D eigenvalue weighted by atomic mass is 9.92. The van der Waals surface area contributed by atoms with Gasteiger partial charge in [0.2, 0.25) is 0 Å². The molecule has 1 saturated heterocycles. The number of hydrogen-bond donors (Lipinski definition) is 1. The molecule has 1 aliphatic heterocycles. The van der Waals surface area contributed by atoms with Crippen LogP contribution in [0.3, 0.4) is 0 Å². The van der Waals surface area contributed by atoms with Crippen molar-refractivity contribution in [1.82, 2.24) is 9.80 Å². The molecule has 0 saturated carbocycles. The van der Waals surface area contributed by atoms with E-state index in [0.717, 1.165) is 31.7 Å². The fourth-order valence-corrected chi connectivity index (χ4v) is 3.04. The van der Waals surface area contributed by atoms with Gasteiger partial charge in [-0.3, -0.25) is 4.90 Å². The summed E-state index contributed by atoms with van der Waals surface area (Å²) in [5.41, 5.74) is 1.23. The summed E-state index contributed by atoms with van der Waals surface area (Å²) >= 11 is 6.16. The fourth-order valence-electron chi connectivity index (χ4n) is 2.78. The normalized spacial score (nSPS) is 19.3. The van der Waals surface area contributed by atoms with Crippen molar-refractivity contribution < 1.29 is 5.11 Å². The van der Waals surface area contributed by atoms with Gasteiger partial charge in [0.1, 0.15) is 0 Å². The minimum atomic E-state index is -0.505. The number of halogens is 1. The van der Waals surface area contributed by atoms with Gasteiger partial charge in [0.05, 0.1) is 6.10 Å². The molecule has 1 atom stereocenters. The maximum absolute atomic E-state index is 10.4. The number of aliphatic hydroxyl groups excluding tert-OH is 1. The highest BCUT2D eigenvalue weighted by atomic mass is 35.5. The summed E-state index contributed by atoms with van der Waals surface area (Å²) in [6, 6.07) is 7.57. The van der Waals surface area contributed by atoms with Crippen molar-refractivity contribution in [3.63, 3.8) is 0 Å². The number of benzene rings is 1. The first-order chi connectivity index (χ1) is 10.3. The predicted molar refractivity (Wildman–Crippen MR) is 93.4 cm³/mol. The summed E-state index contributed by atoms with van der Waals surface area (Å²) < 4.78 is 0. The molecule has 2 rings (SSSR count). The third-order valence-corrected chi connectivity index (χ3v) is 4.68. The molecular weight excluding hydrogens is 296 g/mol. The van der Waals surface area contributed by atoms with Crippen molar-refractivity contribution in [2.24, 2.45) is 5.41 Å². The second-order valence-electron chi connectivity index (χ2n) is 7.49. The lowest BCUT2D eigenvalue weighted by Crippen LogP contribution is -2.48. The van der Waals surface area contributed by atoms with Crippen LogP contribution in [0.5, 0.6) is 0 Å². The van der Waals surface area contributed by atoms with Gasteiger partial charge in [0.25, 0.3) is 0 Å². The first-order valence-electron chi connectivity index (χ1n) is 8.22. The number of β-amino-alcohol motifs (C(OH)–C–C–N with tert-alkyl or cyclic N) is 1. The highest BCUT2D eigenvalue weighted by Crippen LogP contribution is 2.24. The number of aliphatic hydroxyl groups is 1. The van der Waals surface area contributed by atoms with Gasteiger partial charge < -0.3 is 10.0 Å². The van der Waals surface area contributed by atoms with E-state index in [1.54, 1.807) is 0 Å². The summed E-state index contributed by atoms with van der Waals surface area (Å²) in [5.74, 6) is 0. The van der Waals surface area contributed by atoms with E-state index < -0.39 is 6.10 Å². The number of piperazine rings is 1. The highest BCUT2D eigenvalue weighted by Gasteiger charge is 2.21. The maximum atomic E-state index is 10.4. The van der Waals surface area contributed by atoms with Crippen LogP contribution in [0.2, 0.25) is 5.02 Å². The van der Waals surface area contributed by atoms with Crippen LogP contribution in [0.4, 0.5) is 0 Å². The minimum absolute atomic E-state index is 0.400. The summed E-state index contributed by atoms with van der Waals surface area (Å²) in [7, 11) is 0. The first-order valence-corrected chi connectivity index (χ1v) is 8.60. The van der Waals surface area contributed by atoms with Gasteiger partial charge in [-0.15, -0.1) is 0 Å². The first kappa shape index (κ1) is 17.7. The smallest absolute Gasteiger partial charge is 0.0931 e. The molecule has 0 aromatic heterocycles. The lowest BCUT2D eigenvalue weighted by molar-refractivity contribution is 0.0689. The van der Waals surface area contributed by atoms with Crippen LogP contribution >= 0.6 is 11.6 Å². The molecule has 0 aliphatic carbocycles. The molecular formula is C18H29ClN2O. The average Bonchev–Trinajstić information content (AvgIpc) is 2.46. The van der Waals surface area contributed by atoms with Gasteiger partial charge in [-0.2, -0.15) is 0 Å². The monoisotopic (exact) mass is 324 g/mol. The highest BCUT2D eigenvalue weighted by molar-refractivity contribution is 6.31. The quantitative estimate of drug-likeness (QED) is 0.899. The summed E-state index contributed by atoms with van der Waals surface area (Å²) in [6.07, 6.45) is 0.727. The zero-order valence-corrected chi connectivity index (χ0v) is 14.8. The number of nitrogens with zero attached hydrogens (tertiary/aromatic N) is 2. The Morgan fingerprint density at radius 3 is 2.27 bits per heavy atom. The second-order valence-corrected chi connectivity index (χ2v) is 7.90. The summed E-state index contributed by atoms with van der Waals surface area (Å²) in [6.45, 7) is 12.9. The molecule has 1 N–H and O–H groups in total. The van der Waals surface area contributed by atoms with Gasteiger partial charge in [-0.05, 0) is 24.4 Å². The Morgan fingerprint density at radius 2 is 1.68 bits per heavy atom. The molecule has 3 nitrogen and oxygen atoms in total. The standard InChI is InChI=1S/C18H29ClN2O/c1-18(2,3)8-9-20-10-12-21(13-11-20)14-17(22)15-6-4-5-7-16(15)19/h4-7,17,22H,8-14H2,1-3H3. The van der Waals surface area contributed by atoms with E-state index in [2.05, 4.69) is 30.6 Å². The molecule has 1 fully saturated rings. The van der Waals surface area contributed by atoms with Crippen LogP contribution in [0, 0.1) is 5.41 Å². The van der Waals surface area contributed by atoms with E-state index in [4.69, 9.17) is 11.6 Å².